The fraction of sp³-hybridized carbons (Fsp3) is 0.333. The molecule has 2 heterocycles. The smallest absolute Gasteiger partial charge is 0.134 e. The second-order valence-electron chi connectivity index (χ2n) is 4.98. The van der Waals surface area contributed by atoms with Crippen LogP contribution in [0.3, 0.4) is 0 Å². The van der Waals surface area contributed by atoms with Crippen LogP contribution in [0, 0.1) is 0 Å². The molecule has 1 aromatic carbocycles. The molecule has 3 nitrogen and oxygen atoms in total. The van der Waals surface area contributed by atoms with Gasteiger partial charge in [-0.25, -0.2) is 4.99 Å². The van der Waals surface area contributed by atoms with Gasteiger partial charge in [0.1, 0.15) is 5.84 Å². The summed E-state index contributed by atoms with van der Waals surface area (Å²) in [5, 5.41) is 0. The Morgan fingerprint density at radius 3 is 3.06 bits per heavy atom. The Kier molecular flexibility index (Phi) is 2.13. The van der Waals surface area contributed by atoms with Crippen LogP contribution in [0.5, 0.6) is 0 Å². The first-order valence-corrected chi connectivity index (χ1v) is 6.60. The average Bonchev–Trinajstić information content (AvgIpc) is 2.80. The van der Waals surface area contributed by atoms with Gasteiger partial charge in [0, 0.05) is 17.7 Å². The number of nitrogens with zero attached hydrogens (tertiary/aromatic N) is 3. The van der Waals surface area contributed by atoms with Crippen molar-refractivity contribution >= 4 is 17.9 Å². The maximum atomic E-state index is 4.70. The van der Waals surface area contributed by atoms with Crippen LogP contribution in [-0.2, 0) is 6.42 Å². The molecule has 0 saturated heterocycles. The molecule has 0 bridgehead atoms. The topological polar surface area (TPSA) is 28.0 Å². The lowest BCUT2D eigenvalue weighted by atomic mass is 10.0. The molecule has 4 rings (SSSR count). The van der Waals surface area contributed by atoms with Crippen molar-refractivity contribution in [2.24, 2.45) is 9.98 Å². The van der Waals surface area contributed by atoms with E-state index in [1.54, 1.807) is 0 Å². The van der Waals surface area contributed by atoms with E-state index in [9.17, 15) is 0 Å². The summed E-state index contributed by atoms with van der Waals surface area (Å²) in [6.45, 7) is 1.89. The van der Waals surface area contributed by atoms with Crippen molar-refractivity contribution in [3.05, 3.63) is 41.0 Å². The Morgan fingerprint density at radius 2 is 2.06 bits per heavy atom. The van der Waals surface area contributed by atoms with Crippen LogP contribution in [0.1, 0.15) is 24.0 Å². The molecule has 2 aliphatic heterocycles. The highest BCUT2D eigenvalue weighted by atomic mass is 15.3. The lowest BCUT2D eigenvalue weighted by molar-refractivity contribution is 0.674. The lowest BCUT2D eigenvalue weighted by Crippen LogP contribution is -2.30. The van der Waals surface area contributed by atoms with Crippen molar-refractivity contribution in [3.63, 3.8) is 0 Å². The minimum Gasteiger partial charge on any atom is -0.315 e. The van der Waals surface area contributed by atoms with Gasteiger partial charge in [-0.05, 0) is 24.8 Å². The molecule has 3 heteroatoms. The fourth-order valence-electron chi connectivity index (χ4n) is 3.04. The first-order chi connectivity index (χ1) is 8.93. The van der Waals surface area contributed by atoms with Gasteiger partial charge in [0.25, 0.3) is 0 Å². The van der Waals surface area contributed by atoms with E-state index in [1.165, 1.54) is 23.1 Å². The molecular weight excluding hydrogens is 222 g/mol. The van der Waals surface area contributed by atoms with Crippen molar-refractivity contribution in [1.82, 2.24) is 4.90 Å². The zero-order chi connectivity index (χ0) is 11.9. The zero-order valence-corrected chi connectivity index (χ0v) is 10.3. The monoisotopic (exact) mass is 237 g/mol. The number of benzene rings is 1. The Balaban J connectivity index is 1.93. The minimum absolute atomic E-state index is 0.903. The largest absolute Gasteiger partial charge is 0.315 e. The normalized spacial score (nSPS) is 21.1. The van der Waals surface area contributed by atoms with Crippen LogP contribution < -0.4 is 0 Å². The van der Waals surface area contributed by atoms with Crippen LogP contribution in [0.25, 0.3) is 5.70 Å². The summed E-state index contributed by atoms with van der Waals surface area (Å²) >= 11 is 0. The van der Waals surface area contributed by atoms with Gasteiger partial charge in [0.05, 0.1) is 18.6 Å². The standard InChI is InChI=1S/C15H15N3/c1-2-6-12-11(4-1)5-3-7-13-14(12)17-10-18-9-8-16-15(13)18/h1-2,4,6,10H,3,5,7-9H2. The van der Waals surface area contributed by atoms with Crippen LogP contribution in [-0.4, -0.2) is 30.2 Å². The van der Waals surface area contributed by atoms with Gasteiger partial charge in [-0.2, -0.15) is 0 Å². The fourth-order valence-corrected chi connectivity index (χ4v) is 3.04. The number of hydrogen-bond donors (Lipinski definition) is 0. The van der Waals surface area contributed by atoms with Gasteiger partial charge >= 0.3 is 0 Å². The highest BCUT2D eigenvalue weighted by molar-refractivity contribution is 6.13. The van der Waals surface area contributed by atoms with E-state index in [1.807, 2.05) is 6.34 Å². The predicted molar refractivity (Wildman–Crippen MR) is 73.8 cm³/mol. The Hall–Kier alpha value is -1.90. The van der Waals surface area contributed by atoms with Crippen LogP contribution in [0.2, 0.25) is 0 Å². The Morgan fingerprint density at radius 1 is 1.11 bits per heavy atom. The predicted octanol–water partition coefficient (Wildman–Crippen LogP) is 2.49. The second-order valence-corrected chi connectivity index (χ2v) is 4.98. The van der Waals surface area contributed by atoms with Crippen molar-refractivity contribution in [3.8, 4) is 0 Å². The molecule has 0 aromatic heterocycles. The van der Waals surface area contributed by atoms with E-state index in [0.717, 1.165) is 37.5 Å². The maximum absolute atomic E-state index is 4.70. The molecular formula is C15H15N3. The summed E-state index contributed by atoms with van der Waals surface area (Å²) in [5.74, 6) is 1.16. The third kappa shape index (κ3) is 1.37. The maximum Gasteiger partial charge on any atom is 0.134 e. The summed E-state index contributed by atoms with van der Waals surface area (Å²) in [6, 6.07) is 8.64. The molecule has 0 amide bonds. The molecule has 0 unspecified atom stereocenters. The molecule has 1 aromatic rings. The Labute approximate surface area is 107 Å². The summed E-state index contributed by atoms with van der Waals surface area (Å²) < 4.78 is 0. The van der Waals surface area contributed by atoms with Gasteiger partial charge in [-0.3, -0.25) is 4.99 Å². The first kappa shape index (κ1) is 10.1. The summed E-state index contributed by atoms with van der Waals surface area (Å²) in [5.41, 5.74) is 5.22. The van der Waals surface area contributed by atoms with Crippen molar-refractivity contribution in [1.29, 1.82) is 0 Å². The van der Waals surface area contributed by atoms with Crippen LogP contribution in [0.4, 0.5) is 0 Å². The molecule has 3 aliphatic rings. The summed E-state index contributed by atoms with van der Waals surface area (Å²) in [7, 11) is 0. The molecule has 0 spiro atoms. The number of aliphatic imine (C=N–C) groups is 2. The molecule has 1 aliphatic carbocycles. The molecule has 90 valence electrons. The number of aryl methyl sites for hydroxylation is 1. The third-order valence-electron chi connectivity index (χ3n) is 3.90. The van der Waals surface area contributed by atoms with Crippen LogP contribution >= 0.6 is 0 Å². The van der Waals surface area contributed by atoms with E-state index >= 15 is 0 Å². The van der Waals surface area contributed by atoms with Gasteiger partial charge in [-0.15, -0.1) is 0 Å². The highest BCUT2D eigenvalue weighted by Gasteiger charge is 2.28. The van der Waals surface area contributed by atoms with Gasteiger partial charge in [-0.1, -0.05) is 24.3 Å². The van der Waals surface area contributed by atoms with Gasteiger partial charge in [0.15, 0.2) is 0 Å². The highest BCUT2D eigenvalue weighted by Crippen LogP contribution is 2.34. The summed E-state index contributed by atoms with van der Waals surface area (Å²) in [6.07, 6.45) is 5.38. The number of rotatable bonds is 0. The minimum atomic E-state index is 0.903. The molecule has 0 radical (unpaired) electrons. The van der Waals surface area contributed by atoms with Crippen LogP contribution in [0.15, 0.2) is 39.8 Å². The van der Waals surface area contributed by atoms with Gasteiger partial charge < -0.3 is 4.90 Å². The quantitative estimate of drug-likeness (QED) is 0.681. The van der Waals surface area contributed by atoms with E-state index < -0.39 is 0 Å². The SMILES string of the molecule is C1=NC2=C(CCCc3ccccc32)C2=NCCN12. The van der Waals surface area contributed by atoms with E-state index in [2.05, 4.69) is 34.2 Å². The number of fused-ring (bicyclic) bond motifs is 4. The third-order valence-corrected chi connectivity index (χ3v) is 3.90. The molecule has 0 atom stereocenters. The molecule has 0 N–H and O–H groups in total. The molecule has 0 fully saturated rings. The van der Waals surface area contributed by atoms with E-state index in [-0.39, 0.29) is 0 Å². The summed E-state index contributed by atoms with van der Waals surface area (Å²) in [4.78, 5) is 11.5. The van der Waals surface area contributed by atoms with Gasteiger partial charge in [0.2, 0.25) is 0 Å². The Bertz CT molecular complexity index is 596. The first-order valence-electron chi connectivity index (χ1n) is 6.60. The molecule has 0 saturated carbocycles. The molecule has 18 heavy (non-hydrogen) atoms. The number of amidine groups is 1. The van der Waals surface area contributed by atoms with Crippen molar-refractivity contribution in [2.75, 3.05) is 13.1 Å². The van der Waals surface area contributed by atoms with E-state index in [4.69, 9.17) is 4.99 Å². The zero-order valence-electron chi connectivity index (χ0n) is 10.3. The average molecular weight is 237 g/mol. The number of hydrogen-bond acceptors (Lipinski definition) is 3. The lowest BCUT2D eigenvalue weighted by Gasteiger charge is -2.23. The van der Waals surface area contributed by atoms with E-state index in [0.29, 0.717) is 0 Å². The van der Waals surface area contributed by atoms with Crippen molar-refractivity contribution < 1.29 is 0 Å². The second kappa shape index (κ2) is 3.80. The van der Waals surface area contributed by atoms with Crippen molar-refractivity contribution in [2.45, 2.75) is 19.3 Å².